The Kier molecular flexibility index (Phi) is 10.4. The minimum Gasteiger partial charge on any atom is -0.456 e. The lowest BCUT2D eigenvalue weighted by Gasteiger charge is -2.24. The molecule has 330 valence electrons. The molecular formula is C62H49N3O3. The Balaban J connectivity index is 0.979. The molecule has 6 heteroatoms. The molecule has 68 heavy (non-hydrogen) atoms. The Hall–Kier alpha value is -8.48. The highest BCUT2D eigenvalue weighted by atomic mass is 16.3. The first-order valence-corrected chi connectivity index (χ1v) is 23.0. The predicted octanol–water partition coefficient (Wildman–Crippen LogP) is 16.4. The Morgan fingerprint density at radius 2 is 1.22 bits per heavy atom. The van der Waals surface area contributed by atoms with Gasteiger partial charge in [-0.2, -0.15) is 0 Å². The monoisotopic (exact) mass is 883 g/mol. The van der Waals surface area contributed by atoms with Crippen molar-refractivity contribution in [1.29, 1.82) is 0 Å². The molecule has 0 amide bonds. The van der Waals surface area contributed by atoms with Gasteiger partial charge < -0.3 is 19.0 Å². The molecule has 0 fully saturated rings. The zero-order valence-electron chi connectivity index (χ0n) is 38.6. The number of nitrogens with zero attached hydrogens (tertiary/aromatic N) is 2. The molecule has 7 aromatic carbocycles. The topological polar surface area (TPSA) is 90.2 Å². The molecule has 0 saturated carbocycles. The lowest BCUT2D eigenvalue weighted by Crippen LogP contribution is -2.17. The fraction of sp³-hybridized carbons (Fsp3) is 0.0968. The number of nitrogens with two attached hydrogens (primary N) is 1. The van der Waals surface area contributed by atoms with E-state index >= 15 is 0 Å². The first-order chi connectivity index (χ1) is 33.1. The Morgan fingerprint density at radius 1 is 0.647 bits per heavy atom. The molecule has 0 spiro atoms. The minimum atomic E-state index is -0.182. The average molecular weight is 884 g/mol. The lowest BCUT2D eigenvalue weighted by atomic mass is 9.79. The van der Waals surface area contributed by atoms with Crippen molar-refractivity contribution in [3.05, 3.63) is 234 Å². The lowest BCUT2D eigenvalue weighted by molar-refractivity contribution is 0.579. The van der Waals surface area contributed by atoms with E-state index in [2.05, 4.69) is 114 Å². The third-order valence-corrected chi connectivity index (χ3v) is 13.6. The van der Waals surface area contributed by atoms with Gasteiger partial charge in [-0.3, -0.25) is 4.99 Å². The molecule has 11 rings (SSSR count). The van der Waals surface area contributed by atoms with E-state index in [0.717, 1.165) is 110 Å². The van der Waals surface area contributed by atoms with E-state index in [0.29, 0.717) is 18.2 Å². The maximum absolute atomic E-state index is 7.05. The van der Waals surface area contributed by atoms with Gasteiger partial charge >= 0.3 is 0 Å². The fourth-order valence-electron chi connectivity index (χ4n) is 10.1. The summed E-state index contributed by atoms with van der Waals surface area (Å²) in [5, 5.41) is 5.82. The van der Waals surface area contributed by atoms with Gasteiger partial charge in [0.2, 0.25) is 0 Å². The summed E-state index contributed by atoms with van der Waals surface area (Å²) in [6.45, 7) is 17.5. The van der Waals surface area contributed by atoms with Crippen molar-refractivity contribution in [3.8, 4) is 11.1 Å². The molecule has 1 aliphatic carbocycles. The van der Waals surface area contributed by atoms with Crippen LogP contribution in [0.3, 0.4) is 0 Å². The number of benzene rings is 7. The summed E-state index contributed by atoms with van der Waals surface area (Å²) in [5.74, 6) is 0.820. The van der Waals surface area contributed by atoms with Crippen molar-refractivity contribution in [2.75, 3.05) is 0 Å². The van der Waals surface area contributed by atoms with E-state index in [1.807, 2.05) is 103 Å². The van der Waals surface area contributed by atoms with Gasteiger partial charge in [-0.05, 0) is 106 Å². The molecule has 0 atom stereocenters. The standard InChI is InChI=1S/C62H49N3O3/c1-7-9-22-49-37(3)38(4)50(62(49,5)6)35-39(8-2)40-28-30-41(31-29-40)42-32-33-53-48(34-42)57-43(17-14-25-54(57)68-53)36-64-61(47-21-16-27-56-59(47)45-19-11-13-24-52(45)67-56)65-60(63)46-20-15-26-55-58(46)44-18-10-12-23-51(44)66-55/h7-35H,1,4,36H2,2-3,5-6H3,(H2,63,64,65)/b22-9-,39-8+,50-35+. The molecule has 10 aromatic rings. The van der Waals surface area contributed by atoms with Gasteiger partial charge in [0, 0.05) is 48.9 Å². The van der Waals surface area contributed by atoms with Gasteiger partial charge in [0.15, 0.2) is 5.84 Å². The molecule has 0 aliphatic heterocycles. The summed E-state index contributed by atoms with van der Waals surface area (Å²) in [6, 6.07) is 49.3. The Labute approximate surface area is 394 Å². The summed E-state index contributed by atoms with van der Waals surface area (Å²) in [6.07, 6.45) is 10.5. The Morgan fingerprint density at radius 3 is 1.88 bits per heavy atom. The smallest absolute Gasteiger partial charge is 0.158 e. The third kappa shape index (κ3) is 7.04. The van der Waals surface area contributed by atoms with Crippen LogP contribution in [0, 0.1) is 5.41 Å². The number of aliphatic imine (C=N–C) groups is 2. The van der Waals surface area contributed by atoms with Crippen LogP contribution < -0.4 is 5.73 Å². The molecule has 0 bridgehead atoms. The molecule has 3 aromatic heterocycles. The van der Waals surface area contributed by atoms with Crippen molar-refractivity contribution >= 4 is 83.1 Å². The number of amidine groups is 2. The average Bonchev–Trinajstić information content (AvgIpc) is 4.09. The van der Waals surface area contributed by atoms with Crippen molar-refractivity contribution in [3.63, 3.8) is 0 Å². The predicted molar refractivity (Wildman–Crippen MR) is 284 cm³/mol. The van der Waals surface area contributed by atoms with Gasteiger partial charge in [-0.15, -0.1) is 0 Å². The summed E-state index contributed by atoms with van der Waals surface area (Å²) in [5.41, 5.74) is 23.4. The fourth-order valence-corrected chi connectivity index (χ4v) is 10.1. The van der Waals surface area contributed by atoms with Crippen molar-refractivity contribution in [2.45, 2.75) is 34.2 Å². The highest BCUT2D eigenvalue weighted by Gasteiger charge is 2.36. The van der Waals surface area contributed by atoms with Gasteiger partial charge in [0.05, 0.1) is 6.54 Å². The second-order valence-electron chi connectivity index (χ2n) is 17.9. The van der Waals surface area contributed by atoms with Crippen LogP contribution in [0.4, 0.5) is 0 Å². The van der Waals surface area contributed by atoms with E-state index in [1.165, 1.54) is 16.7 Å². The number of para-hydroxylation sites is 2. The first-order valence-electron chi connectivity index (χ1n) is 23.0. The maximum atomic E-state index is 7.05. The van der Waals surface area contributed by atoms with Crippen LogP contribution in [-0.4, -0.2) is 11.7 Å². The SMILES string of the molecule is C=C/C=C\C1=C(C)C(=C)/C(=C\C(=C/C)c2ccc(-c3ccc4oc5cccc(CN=C(N=C(N)c6cccc7oc8ccccc8c67)c6cccc7oc8ccccc8c67)c5c4c3)cc2)C1(C)C. The zero-order chi connectivity index (χ0) is 46.7. The minimum absolute atomic E-state index is 0.182. The normalized spacial score (nSPS) is 15.6. The van der Waals surface area contributed by atoms with E-state index < -0.39 is 0 Å². The molecule has 6 nitrogen and oxygen atoms in total. The highest BCUT2D eigenvalue weighted by Crippen LogP contribution is 2.51. The third-order valence-electron chi connectivity index (χ3n) is 13.6. The largest absolute Gasteiger partial charge is 0.456 e. The maximum Gasteiger partial charge on any atom is 0.158 e. The van der Waals surface area contributed by atoms with Crippen molar-refractivity contribution < 1.29 is 13.3 Å². The van der Waals surface area contributed by atoms with E-state index in [-0.39, 0.29) is 5.41 Å². The second kappa shape index (κ2) is 16.7. The molecule has 0 saturated heterocycles. The number of rotatable bonds is 9. The summed E-state index contributed by atoms with van der Waals surface area (Å²) in [7, 11) is 0. The molecule has 0 unspecified atom stereocenters. The number of furan rings is 3. The van der Waals surface area contributed by atoms with Crippen LogP contribution in [0.5, 0.6) is 0 Å². The van der Waals surface area contributed by atoms with Gasteiger partial charge in [-0.1, -0.05) is 161 Å². The van der Waals surface area contributed by atoms with Crippen LogP contribution in [0.2, 0.25) is 0 Å². The summed E-state index contributed by atoms with van der Waals surface area (Å²) in [4.78, 5) is 10.5. The molecule has 3 heterocycles. The van der Waals surface area contributed by atoms with Gasteiger partial charge in [0.25, 0.3) is 0 Å². The number of hydrogen-bond acceptors (Lipinski definition) is 4. The molecule has 2 N–H and O–H groups in total. The molecule has 0 radical (unpaired) electrons. The Bertz CT molecular complexity index is 3910. The summed E-state index contributed by atoms with van der Waals surface area (Å²) < 4.78 is 19.1. The number of allylic oxidation sites excluding steroid dienone is 10. The summed E-state index contributed by atoms with van der Waals surface area (Å²) >= 11 is 0. The van der Waals surface area contributed by atoms with Crippen LogP contribution in [0.15, 0.2) is 235 Å². The van der Waals surface area contributed by atoms with Crippen molar-refractivity contribution in [2.24, 2.45) is 21.1 Å². The zero-order valence-corrected chi connectivity index (χ0v) is 38.6. The highest BCUT2D eigenvalue weighted by molar-refractivity contribution is 6.24. The van der Waals surface area contributed by atoms with Crippen LogP contribution in [0.25, 0.3) is 82.5 Å². The van der Waals surface area contributed by atoms with Crippen LogP contribution in [0.1, 0.15) is 49.9 Å². The van der Waals surface area contributed by atoms with Crippen molar-refractivity contribution in [1.82, 2.24) is 0 Å². The molecular weight excluding hydrogens is 835 g/mol. The first kappa shape index (κ1) is 42.2. The number of fused-ring (bicyclic) bond motifs is 9. The second-order valence-corrected chi connectivity index (χ2v) is 17.9. The van der Waals surface area contributed by atoms with Crippen LogP contribution in [-0.2, 0) is 6.54 Å². The number of hydrogen-bond donors (Lipinski definition) is 1. The quantitative estimate of drug-likeness (QED) is 0.0888. The molecule has 1 aliphatic rings. The van der Waals surface area contributed by atoms with Gasteiger partial charge in [-0.25, -0.2) is 4.99 Å². The van der Waals surface area contributed by atoms with Crippen LogP contribution >= 0.6 is 0 Å². The van der Waals surface area contributed by atoms with E-state index in [4.69, 9.17) is 29.0 Å². The van der Waals surface area contributed by atoms with Gasteiger partial charge in [0.1, 0.15) is 39.3 Å². The van der Waals surface area contributed by atoms with E-state index in [1.54, 1.807) is 0 Å². The van der Waals surface area contributed by atoms with E-state index in [9.17, 15) is 0 Å².